The lowest BCUT2D eigenvalue weighted by molar-refractivity contribution is -0.138. The molecule has 0 spiro atoms. The molecule has 1 aromatic rings. The van der Waals surface area contributed by atoms with E-state index < -0.39 is 10.0 Å². The molecule has 0 unspecified atom stereocenters. The molecule has 1 amide bonds. The predicted octanol–water partition coefficient (Wildman–Crippen LogP) is 1.12. The van der Waals surface area contributed by atoms with Crippen molar-refractivity contribution in [1.29, 1.82) is 0 Å². The van der Waals surface area contributed by atoms with E-state index in [0.717, 1.165) is 18.6 Å². The van der Waals surface area contributed by atoms with Gasteiger partial charge in [0, 0.05) is 51.1 Å². The zero-order valence-electron chi connectivity index (χ0n) is 14.5. The molecule has 1 aromatic heterocycles. The molecular formula is C17H25N3O4S. The van der Waals surface area contributed by atoms with Crippen LogP contribution in [-0.2, 0) is 14.8 Å². The van der Waals surface area contributed by atoms with Crippen molar-refractivity contribution in [2.45, 2.75) is 31.8 Å². The fourth-order valence-electron chi connectivity index (χ4n) is 3.50. The van der Waals surface area contributed by atoms with Crippen LogP contribution in [0, 0.1) is 5.92 Å². The number of hydrogen-bond acceptors (Lipinski definition) is 5. The Morgan fingerprint density at radius 3 is 2.40 bits per heavy atom. The number of amides is 1. The molecule has 0 aromatic carbocycles. The number of aromatic nitrogens is 1. The van der Waals surface area contributed by atoms with Gasteiger partial charge in [-0.3, -0.25) is 9.78 Å². The van der Waals surface area contributed by atoms with Crippen LogP contribution in [0.2, 0.25) is 0 Å². The molecule has 0 saturated carbocycles. The highest BCUT2D eigenvalue weighted by molar-refractivity contribution is 7.88. The highest BCUT2D eigenvalue weighted by Crippen LogP contribution is 2.24. The number of nitrogens with zero attached hydrogens (tertiary/aromatic N) is 3. The summed E-state index contributed by atoms with van der Waals surface area (Å²) in [5, 5.41) is 0. The molecule has 0 N–H and O–H groups in total. The summed E-state index contributed by atoms with van der Waals surface area (Å²) in [6.45, 7) is 2.26. The van der Waals surface area contributed by atoms with Gasteiger partial charge in [-0.2, -0.15) is 0 Å². The SMILES string of the molecule is CS(=O)(=O)N1CCC(C(=O)N2CCC(Oc3cccnc3)CC2)CC1. The monoisotopic (exact) mass is 367 g/mol. The summed E-state index contributed by atoms with van der Waals surface area (Å²) in [5.74, 6) is 0.863. The van der Waals surface area contributed by atoms with Crippen LogP contribution in [0.1, 0.15) is 25.7 Å². The van der Waals surface area contributed by atoms with Crippen molar-refractivity contribution in [3.8, 4) is 5.75 Å². The van der Waals surface area contributed by atoms with E-state index in [1.165, 1.54) is 10.6 Å². The van der Waals surface area contributed by atoms with Gasteiger partial charge in [0.15, 0.2) is 0 Å². The average Bonchev–Trinajstić information content (AvgIpc) is 2.62. The minimum Gasteiger partial charge on any atom is -0.489 e. The van der Waals surface area contributed by atoms with Crippen LogP contribution in [0.4, 0.5) is 0 Å². The van der Waals surface area contributed by atoms with Crippen LogP contribution in [0.3, 0.4) is 0 Å². The number of pyridine rings is 1. The van der Waals surface area contributed by atoms with Crippen molar-refractivity contribution >= 4 is 15.9 Å². The lowest BCUT2D eigenvalue weighted by atomic mass is 9.95. The lowest BCUT2D eigenvalue weighted by Gasteiger charge is -2.36. The molecule has 7 nitrogen and oxygen atoms in total. The summed E-state index contributed by atoms with van der Waals surface area (Å²) in [7, 11) is -3.15. The van der Waals surface area contributed by atoms with E-state index in [2.05, 4.69) is 4.98 Å². The molecule has 0 aliphatic carbocycles. The van der Waals surface area contributed by atoms with Crippen LogP contribution in [-0.4, -0.2) is 67.1 Å². The van der Waals surface area contributed by atoms with Gasteiger partial charge in [0.1, 0.15) is 11.9 Å². The maximum Gasteiger partial charge on any atom is 0.225 e. The van der Waals surface area contributed by atoms with Crippen molar-refractivity contribution in [1.82, 2.24) is 14.2 Å². The second-order valence-electron chi connectivity index (χ2n) is 6.77. The topological polar surface area (TPSA) is 79.8 Å². The highest BCUT2D eigenvalue weighted by Gasteiger charge is 2.33. The number of piperidine rings is 2. The lowest BCUT2D eigenvalue weighted by Crippen LogP contribution is -2.47. The summed E-state index contributed by atoms with van der Waals surface area (Å²) in [5.41, 5.74) is 0. The van der Waals surface area contributed by atoms with Gasteiger partial charge in [0.2, 0.25) is 15.9 Å². The molecule has 2 aliphatic rings. The fraction of sp³-hybridized carbons (Fsp3) is 0.647. The Kier molecular flexibility index (Phi) is 5.58. The van der Waals surface area contributed by atoms with Crippen molar-refractivity contribution in [3.63, 3.8) is 0 Å². The Hall–Kier alpha value is -1.67. The van der Waals surface area contributed by atoms with Crippen LogP contribution in [0.5, 0.6) is 5.75 Å². The van der Waals surface area contributed by atoms with Gasteiger partial charge < -0.3 is 9.64 Å². The Labute approximate surface area is 149 Å². The van der Waals surface area contributed by atoms with Crippen LogP contribution in [0.25, 0.3) is 0 Å². The van der Waals surface area contributed by atoms with Crippen molar-refractivity contribution in [2.75, 3.05) is 32.4 Å². The van der Waals surface area contributed by atoms with Gasteiger partial charge in [0.25, 0.3) is 0 Å². The number of ether oxygens (including phenoxy) is 1. The summed E-state index contributed by atoms with van der Waals surface area (Å²) >= 11 is 0. The average molecular weight is 367 g/mol. The fourth-order valence-corrected chi connectivity index (χ4v) is 4.37. The predicted molar refractivity (Wildman–Crippen MR) is 93.6 cm³/mol. The maximum atomic E-state index is 12.7. The maximum absolute atomic E-state index is 12.7. The van der Waals surface area contributed by atoms with Crippen LogP contribution in [0.15, 0.2) is 24.5 Å². The van der Waals surface area contributed by atoms with E-state index in [1.54, 1.807) is 12.4 Å². The number of carbonyl (C=O) groups excluding carboxylic acids is 1. The molecule has 138 valence electrons. The second-order valence-corrected chi connectivity index (χ2v) is 8.75. The van der Waals surface area contributed by atoms with Gasteiger partial charge >= 0.3 is 0 Å². The quantitative estimate of drug-likeness (QED) is 0.797. The van der Waals surface area contributed by atoms with Crippen molar-refractivity contribution < 1.29 is 17.9 Å². The summed E-state index contributed by atoms with van der Waals surface area (Å²) in [4.78, 5) is 18.6. The first-order valence-corrected chi connectivity index (χ1v) is 10.6. The molecule has 3 heterocycles. The molecular weight excluding hydrogens is 342 g/mol. The second kappa shape index (κ2) is 7.70. The third kappa shape index (κ3) is 4.70. The molecule has 2 aliphatic heterocycles. The van der Waals surface area contributed by atoms with E-state index in [9.17, 15) is 13.2 Å². The molecule has 2 saturated heterocycles. The molecule has 25 heavy (non-hydrogen) atoms. The smallest absolute Gasteiger partial charge is 0.225 e. The van der Waals surface area contributed by atoms with Gasteiger partial charge in [-0.25, -0.2) is 12.7 Å². The Balaban J connectivity index is 1.46. The Bertz CT molecular complexity index is 679. The number of sulfonamides is 1. The summed E-state index contributed by atoms with van der Waals surface area (Å²) in [6.07, 6.45) is 7.58. The largest absolute Gasteiger partial charge is 0.489 e. The number of likely N-dealkylation sites (tertiary alicyclic amines) is 1. The van der Waals surface area contributed by atoms with Crippen LogP contribution < -0.4 is 4.74 Å². The summed E-state index contributed by atoms with van der Waals surface area (Å²) in [6, 6.07) is 3.73. The van der Waals surface area contributed by atoms with Crippen LogP contribution >= 0.6 is 0 Å². The van der Waals surface area contributed by atoms with E-state index in [-0.39, 0.29) is 17.9 Å². The number of hydrogen-bond donors (Lipinski definition) is 0. The first-order chi connectivity index (χ1) is 11.9. The zero-order valence-corrected chi connectivity index (χ0v) is 15.3. The minimum absolute atomic E-state index is 0.0613. The zero-order chi connectivity index (χ0) is 17.9. The first-order valence-electron chi connectivity index (χ1n) is 8.74. The Morgan fingerprint density at radius 2 is 1.84 bits per heavy atom. The van der Waals surface area contributed by atoms with E-state index in [1.807, 2.05) is 17.0 Å². The van der Waals surface area contributed by atoms with E-state index in [4.69, 9.17) is 4.74 Å². The van der Waals surface area contributed by atoms with E-state index in [0.29, 0.717) is 39.0 Å². The number of rotatable bonds is 4. The summed E-state index contributed by atoms with van der Waals surface area (Å²) < 4.78 is 30.5. The van der Waals surface area contributed by atoms with Crippen molar-refractivity contribution in [3.05, 3.63) is 24.5 Å². The Morgan fingerprint density at radius 1 is 1.16 bits per heavy atom. The third-order valence-electron chi connectivity index (χ3n) is 4.96. The minimum atomic E-state index is -3.15. The molecule has 3 rings (SSSR count). The van der Waals surface area contributed by atoms with Gasteiger partial charge in [-0.15, -0.1) is 0 Å². The number of carbonyl (C=O) groups is 1. The van der Waals surface area contributed by atoms with E-state index >= 15 is 0 Å². The molecule has 0 atom stereocenters. The van der Waals surface area contributed by atoms with Gasteiger partial charge in [-0.05, 0) is 25.0 Å². The third-order valence-corrected chi connectivity index (χ3v) is 6.27. The first kappa shape index (κ1) is 18.1. The highest BCUT2D eigenvalue weighted by atomic mass is 32.2. The molecule has 0 bridgehead atoms. The molecule has 8 heteroatoms. The standard InChI is InChI=1S/C17H25N3O4S/c1-25(22,23)20-11-4-14(5-12-20)17(21)19-9-6-15(7-10-19)24-16-3-2-8-18-13-16/h2-3,8,13-15H,4-7,9-12H2,1H3. The van der Waals surface area contributed by atoms with Crippen molar-refractivity contribution in [2.24, 2.45) is 5.92 Å². The molecule has 2 fully saturated rings. The normalized spacial score (nSPS) is 21.2. The molecule has 0 radical (unpaired) electrons. The van der Waals surface area contributed by atoms with Gasteiger partial charge in [-0.1, -0.05) is 0 Å². The van der Waals surface area contributed by atoms with Gasteiger partial charge in [0.05, 0.1) is 12.5 Å².